The highest BCUT2D eigenvalue weighted by Crippen LogP contribution is 2.25. The van der Waals surface area contributed by atoms with Crippen LogP contribution in [0.3, 0.4) is 0 Å². The van der Waals surface area contributed by atoms with Crippen LogP contribution in [0.25, 0.3) is 0 Å². The first-order valence-electron chi connectivity index (χ1n) is 7.76. The van der Waals surface area contributed by atoms with Crippen LogP contribution in [0.15, 0.2) is 36.4 Å². The molecule has 1 heterocycles. The summed E-state index contributed by atoms with van der Waals surface area (Å²) in [4.78, 5) is 26.1. The maximum atomic E-state index is 12.0. The number of amides is 2. The van der Waals surface area contributed by atoms with Crippen molar-refractivity contribution in [1.82, 2.24) is 10.6 Å². The fourth-order valence-corrected chi connectivity index (χ4v) is 3.37. The standard InChI is InChI=1S/C18H22N2O3S/c1-12-9-16(14(3)24-12)13(2)20-17(21)10-19-18(22)11-23-15-7-5-4-6-8-15/h4-9,13H,10-11H2,1-3H3,(H,19,22)(H,20,21). The summed E-state index contributed by atoms with van der Waals surface area (Å²) < 4.78 is 5.33. The Bertz CT molecular complexity index is 698. The third-order valence-electron chi connectivity index (χ3n) is 3.48. The fraction of sp³-hybridized carbons (Fsp3) is 0.333. The zero-order valence-electron chi connectivity index (χ0n) is 14.1. The molecule has 2 rings (SSSR count). The monoisotopic (exact) mass is 346 g/mol. The van der Waals surface area contributed by atoms with E-state index < -0.39 is 0 Å². The summed E-state index contributed by atoms with van der Waals surface area (Å²) in [7, 11) is 0. The van der Waals surface area contributed by atoms with E-state index in [1.165, 1.54) is 9.75 Å². The largest absolute Gasteiger partial charge is 0.484 e. The molecular weight excluding hydrogens is 324 g/mol. The number of hydrogen-bond acceptors (Lipinski definition) is 4. The second-order valence-electron chi connectivity index (χ2n) is 5.54. The van der Waals surface area contributed by atoms with E-state index in [1.54, 1.807) is 23.5 Å². The van der Waals surface area contributed by atoms with E-state index in [2.05, 4.69) is 16.7 Å². The Morgan fingerprint density at radius 3 is 2.50 bits per heavy atom. The summed E-state index contributed by atoms with van der Waals surface area (Å²) in [6.45, 7) is 5.84. The van der Waals surface area contributed by atoms with Gasteiger partial charge in [-0.3, -0.25) is 9.59 Å². The number of aryl methyl sites for hydroxylation is 2. The molecule has 5 nitrogen and oxygen atoms in total. The maximum absolute atomic E-state index is 12.0. The molecule has 0 aliphatic rings. The van der Waals surface area contributed by atoms with Crippen molar-refractivity contribution in [2.75, 3.05) is 13.2 Å². The van der Waals surface area contributed by atoms with Crippen LogP contribution >= 0.6 is 11.3 Å². The van der Waals surface area contributed by atoms with E-state index in [0.29, 0.717) is 5.75 Å². The number of carbonyl (C=O) groups is 2. The van der Waals surface area contributed by atoms with Crippen LogP contribution in [-0.2, 0) is 9.59 Å². The molecule has 2 aromatic rings. The molecule has 0 saturated heterocycles. The van der Waals surface area contributed by atoms with Gasteiger partial charge >= 0.3 is 0 Å². The highest BCUT2D eigenvalue weighted by molar-refractivity contribution is 7.12. The zero-order valence-corrected chi connectivity index (χ0v) is 14.9. The second-order valence-corrected chi connectivity index (χ2v) is 7.00. The third kappa shape index (κ3) is 5.38. The lowest BCUT2D eigenvalue weighted by atomic mass is 10.1. The molecule has 128 valence electrons. The van der Waals surface area contributed by atoms with E-state index >= 15 is 0 Å². The molecule has 0 bridgehead atoms. The number of carbonyl (C=O) groups excluding carboxylic acids is 2. The van der Waals surface area contributed by atoms with E-state index in [9.17, 15) is 9.59 Å². The maximum Gasteiger partial charge on any atom is 0.258 e. The summed E-state index contributed by atoms with van der Waals surface area (Å²) in [5, 5.41) is 5.45. The lowest BCUT2D eigenvalue weighted by Crippen LogP contribution is -2.39. The SMILES string of the molecule is Cc1cc(C(C)NC(=O)CNC(=O)COc2ccccc2)c(C)s1. The molecule has 1 atom stereocenters. The number of benzene rings is 1. The van der Waals surface area contributed by atoms with Crippen molar-refractivity contribution in [2.24, 2.45) is 0 Å². The van der Waals surface area contributed by atoms with Crippen molar-refractivity contribution < 1.29 is 14.3 Å². The van der Waals surface area contributed by atoms with Gasteiger partial charge in [0.05, 0.1) is 12.6 Å². The smallest absolute Gasteiger partial charge is 0.258 e. The average molecular weight is 346 g/mol. The van der Waals surface area contributed by atoms with E-state index in [4.69, 9.17) is 4.74 Å². The predicted octanol–water partition coefficient (Wildman–Crippen LogP) is 2.74. The van der Waals surface area contributed by atoms with Gasteiger partial charge in [0, 0.05) is 9.75 Å². The normalized spacial score (nSPS) is 11.6. The van der Waals surface area contributed by atoms with Crippen molar-refractivity contribution in [1.29, 1.82) is 0 Å². The summed E-state index contributed by atoms with van der Waals surface area (Å²) in [5.41, 5.74) is 1.12. The van der Waals surface area contributed by atoms with Gasteiger partial charge in [-0.25, -0.2) is 0 Å². The number of thiophene rings is 1. The summed E-state index contributed by atoms with van der Waals surface area (Å²) in [6, 6.07) is 11.1. The van der Waals surface area contributed by atoms with Gasteiger partial charge in [0.25, 0.3) is 5.91 Å². The number of para-hydroxylation sites is 1. The first-order chi connectivity index (χ1) is 11.5. The fourth-order valence-electron chi connectivity index (χ4n) is 2.35. The highest BCUT2D eigenvalue weighted by atomic mass is 32.1. The van der Waals surface area contributed by atoms with Crippen LogP contribution in [0.5, 0.6) is 5.75 Å². The summed E-state index contributed by atoms with van der Waals surface area (Å²) >= 11 is 1.71. The lowest BCUT2D eigenvalue weighted by Gasteiger charge is -2.14. The Hall–Kier alpha value is -2.34. The molecule has 0 aliphatic carbocycles. The van der Waals surface area contributed by atoms with Crippen molar-refractivity contribution in [2.45, 2.75) is 26.8 Å². The molecule has 0 spiro atoms. The van der Waals surface area contributed by atoms with E-state index in [-0.39, 0.29) is 31.0 Å². The third-order valence-corrected chi connectivity index (χ3v) is 4.46. The molecule has 0 radical (unpaired) electrons. The Labute approximate surface area is 146 Å². The van der Waals surface area contributed by atoms with Gasteiger partial charge in [-0.05, 0) is 44.5 Å². The molecule has 2 amide bonds. The highest BCUT2D eigenvalue weighted by Gasteiger charge is 2.14. The molecule has 24 heavy (non-hydrogen) atoms. The van der Waals surface area contributed by atoms with Gasteiger partial charge in [0.2, 0.25) is 5.91 Å². The van der Waals surface area contributed by atoms with Gasteiger partial charge in [0.15, 0.2) is 6.61 Å². The van der Waals surface area contributed by atoms with Gasteiger partial charge < -0.3 is 15.4 Å². The predicted molar refractivity (Wildman–Crippen MR) is 95.3 cm³/mol. The number of ether oxygens (including phenoxy) is 1. The van der Waals surface area contributed by atoms with Crippen LogP contribution in [0.2, 0.25) is 0 Å². The van der Waals surface area contributed by atoms with Crippen molar-refractivity contribution in [3.63, 3.8) is 0 Å². The minimum absolute atomic E-state index is 0.0660. The molecule has 0 aliphatic heterocycles. The minimum Gasteiger partial charge on any atom is -0.484 e. The second kappa shape index (κ2) is 8.49. The van der Waals surface area contributed by atoms with Crippen molar-refractivity contribution >= 4 is 23.2 Å². The van der Waals surface area contributed by atoms with Crippen LogP contribution < -0.4 is 15.4 Å². The van der Waals surface area contributed by atoms with Crippen LogP contribution in [0, 0.1) is 13.8 Å². The van der Waals surface area contributed by atoms with Crippen LogP contribution in [-0.4, -0.2) is 25.0 Å². The molecule has 0 fully saturated rings. The zero-order chi connectivity index (χ0) is 17.5. The van der Waals surface area contributed by atoms with Crippen LogP contribution in [0.1, 0.15) is 28.3 Å². The Morgan fingerprint density at radius 2 is 1.88 bits per heavy atom. The van der Waals surface area contributed by atoms with Gasteiger partial charge in [-0.15, -0.1) is 11.3 Å². The molecule has 1 unspecified atom stereocenters. The van der Waals surface area contributed by atoms with Crippen molar-refractivity contribution in [3.8, 4) is 5.75 Å². The molecule has 1 aromatic carbocycles. The van der Waals surface area contributed by atoms with Gasteiger partial charge in [0.1, 0.15) is 5.75 Å². The van der Waals surface area contributed by atoms with Gasteiger partial charge in [-0.1, -0.05) is 18.2 Å². The minimum atomic E-state index is -0.329. The first-order valence-corrected chi connectivity index (χ1v) is 8.58. The topological polar surface area (TPSA) is 67.4 Å². The Balaban J connectivity index is 1.72. The van der Waals surface area contributed by atoms with E-state index in [1.807, 2.05) is 39.0 Å². The number of rotatable bonds is 7. The van der Waals surface area contributed by atoms with Crippen molar-refractivity contribution in [3.05, 3.63) is 51.7 Å². The molecule has 0 saturated carbocycles. The summed E-state index contributed by atoms with van der Waals surface area (Å²) in [5.74, 6) is 0.0667. The molecular formula is C18H22N2O3S. The Kier molecular flexibility index (Phi) is 6.37. The lowest BCUT2D eigenvalue weighted by molar-refractivity contribution is -0.127. The average Bonchev–Trinajstić information content (AvgIpc) is 2.90. The molecule has 2 N–H and O–H groups in total. The number of nitrogens with one attached hydrogen (secondary N) is 2. The molecule has 6 heteroatoms. The van der Waals surface area contributed by atoms with Crippen LogP contribution in [0.4, 0.5) is 0 Å². The first kappa shape index (κ1) is 18.0. The van der Waals surface area contributed by atoms with E-state index in [0.717, 1.165) is 5.56 Å². The quantitative estimate of drug-likeness (QED) is 0.810. The summed E-state index contributed by atoms with van der Waals surface area (Å²) in [6.07, 6.45) is 0. The molecule has 1 aromatic heterocycles. The Morgan fingerprint density at radius 1 is 1.17 bits per heavy atom. The van der Waals surface area contributed by atoms with Gasteiger partial charge in [-0.2, -0.15) is 0 Å². The number of hydrogen-bond donors (Lipinski definition) is 2.